The quantitative estimate of drug-likeness (QED) is 0.716. The predicted molar refractivity (Wildman–Crippen MR) is 79.7 cm³/mol. The number of rotatable bonds is 5. The highest BCUT2D eigenvalue weighted by Crippen LogP contribution is 2.32. The van der Waals surface area contributed by atoms with Gasteiger partial charge in [0.1, 0.15) is 0 Å². The summed E-state index contributed by atoms with van der Waals surface area (Å²) in [5.74, 6) is 0. The second-order valence-corrected chi connectivity index (χ2v) is 6.31. The average molecular weight is 283 g/mol. The molecule has 5 nitrogen and oxygen atoms in total. The molecular formula is C15H29N3O2. The van der Waals surface area contributed by atoms with Crippen LogP contribution in [0.15, 0.2) is 0 Å². The minimum Gasteiger partial charge on any atom is -0.396 e. The maximum atomic E-state index is 12.0. The number of amides is 2. The molecule has 2 amide bonds. The van der Waals surface area contributed by atoms with Crippen molar-refractivity contribution in [2.45, 2.75) is 76.0 Å². The molecule has 2 rings (SSSR count). The van der Waals surface area contributed by atoms with Gasteiger partial charge in [0, 0.05) is 30.8 Å². The Hall–Kier alpha value is -0.810. The number of piperidine rings is 2. The summed E-state index contributed by atoms with van der Waals surface area (Å²) in [4.78, 5) is 14.5. The zero-order valence-corrected chi connectivity index (χ0v) is 12.8. The largest absolute Gasteiger partial charge is 0.396 e. The van der Waals surface area contributed by atoms with Crippen molar-refractivity contribution in [2.75, 3.05) is 13.7 Å². The van der Waals surface area contributed by atoms with Crippen LogP contribution in [0.4, 0.5) is 4.79 Å². The van der Waals surface area contributed by atoms with Gasteiger partial charge in [0.25, 0.3) is 0 Å². The maximum Gasteiger partial charge on any atom is 0.315 e. The molecule has 3 N–H and O–H groups in total. The van der Waals surface area contributed by atoms with Gasteiger partial charge in [-0.2, -0.15) is 0 Å². The number of hydrogen-bond donors (Lipinski definition) is 3. The molecule has 0 saturated carbocycles. The first-order valence-electron chi connectivity index (χ1n) is 8.03. The molecule has 2 aliphatic rings. The van der Waals surface area contributed by atoms with Gasteiger partial charge in [-0.3, -0.25) is 0 Å². The van der Waals surface area contributed by atoms with Gasteiger partial charge in [0.05, 0.1) is 0 Å². The first kappa shape index (κ1) is 15.6. The van der Waals surface area contributed by atoms with E-state index in [2.05, 4.69) is 22.6 Å². The Balaban J connectivity index is 1.80. The van der Waals surface area contributed by atoms with E-state index in [1.54, 1.807) is 0 Å². The van der Waals surface area contributed by atoms with Crippen LogP contribution < -0.4 is 10.6 Å². The van der Waals surface area contributed by atoms with Crippen LogP contribution in [0, 0.1) is 0 Å². The molecule has 0 aromatic rings. The third kappa shape index (κ3) is 3.85. The zero-order valence-electron chi connectivity index (χ0n) is 12.8. The van der Waals surface area contributed by atoms with E-state index in [0.29, 0.717) is 24.5 Å². The van der Waals surface area contributed by atoms with Crippen molar-refractivity contribution in [1.29, 1.82) is 0 Å². The number of carbonyl (C=O) groups excluding carboxylic acids is 1. The maximum absolute atomic E-state index is 12.0. The molecule has 2 heterocycles. The van der Waals surface area contributed by atoms with E-state index >= 15 is 0 Å². The Morgan fingerprint density at radius 2 is 2.00 bits per heavy atom. The summed E-state index contributed by atoms with van der Waals surface area (Å²) in [5, 5.41) is 15.1. The highest BCUT2D eigenvalue weighted by atomic mass is 16.3. The summed E-state index contributed by atoms with van der Waals surface area (Å²) in [6.45, 7) is 2.15. The minimum absolute atomic E-state index is 0.0714. The number of hydrogen-bond acceptors (Lipinski definition) is 3. The summed E-state index contributed by atoms with van der Waals surface area (Å²) < 4.78 is 0. The van der Waals surface area contributed by atoms with Crippen molar-refractivity contribution in [3.63, 3.8) is 0 Å². The lowest BCUT2D eigenvalue weighted by Crippen LogP contribution is -2.57. The second-order valence-electron chi connectivity index (χ2n) is 6.31. The van der Waals surface area contributed by atoms with Gasteiger partial charge < -0.3 is 20.6 Å². The van der Waals surface area contributed by atoms with Crippen LogP contribution in [0.1, 0.15) is 51.9 Å². The molecule has 2 saturated heterocycles. The summed E-state index contributed by atoms with van der Waals surface area (Å²) >= 11 is 0. The van der Waals surface area contributed by atoms with Gasteiger partial charge in [0.2, 0.25) is 0 Å². The summed E-state index contributed by atoms with van der Waals surface area (Å²) in [6, 6.07) is 1.57. The zero-order chi connectivity index (χ0) is 14.5. The first-order valence-corrected chi connectivity index (χ1v) is 8.03. The van der Waals surface area contributed by atoms with Crippen molar-refractivity contribution in [1.82, 2.24) is 15.5 Å². The molecule has 0 aromatic heterocycles. The van der Waals surface area contributed by atoms with Crippen LogP contribution in [0.25, 0.3) is 0 Å². The van der Waals surface area contributed by atoms with E-state index in [-0.39, 0.29) is 18.7 Å². The molecule has 116 valence electrons. The first-order chi connectivity index (χ1) is 9.63. The lowest BCUT2D eigenvalue weighted by Gasteiger charge is -2.47. The van der Waals surface area contributed by atoms with Crippen LogP contribution >= 0.6 is 0 Å². The molecule has 0 aromatic carbocycles. The van der Waals surface area contributed by atoms with Crippen molar-refractivity contribution < 1.29 is 9.90 Å². The Bertz CT molecular complexity index is 310. The van der Waals surface area contributed by atoms with E-state index in [0.717, 1.165) is 19.3 Å². The third-order valence-corrected chi connectivity index (χ3v) is 4.98. The van der Waals surface area contributed by atoms with Gasteiger partial charge in [-0.05, 0) is 45.6 Å². The molecule has 4 atom stereocenters. The smallest absolute Gasteiger partial charge is 0.315 e. The second kappa shape index (κ2) is 7.27. The fourth-order valence-electron chi connectivity index (χ4n) is 3.68. The third-order valence-electron chi connectivity index (χ3n) is 4.98. The molecule has 20 heavy (non-hydrogen) atoms. The van der Waals surface area contributed by atoms with E-state index in [1.165, 1.54) is 19.3 Å². The van der Waals surface area contributed by atoms with Gasteiger partial charge >= 0.3 is 6.03 Å². The van der Waals surface area contributed by atoms with Crippen molar-refractivity contribution in [3.05, 3.63) is 0 Å². The number of nitrogens with zero attached hydrogens (tertiary/aromatic N) is 1. The summed E-state index contributed by atoms with van der Waals surface area (Å²) in [6.07, 6.45) is 7.46. The van der Waals surface area contributed by atoms with Crippen LogP contribution in [0.5, 0.6) is 0 Å². The predicted octanol–water partition coefficient (Wildman–Crippen LogP) is 1.46. The molecule has 0 radical (unpaired) electrons. The number of nitrogens with one attached hydrogen (secondary N) is 2. The average Bonchev–Trinajstić information content (AvgIpc) is 2.39. The Labute approximate surface area is 122 Å². The van der Waals surface area contributed by atoms with E-state index < -0.39 is 0 Å². The fourth-order valence-corrected chi connectivity index (χ4v) is 3.68. The number of urea groups is 1. The molecule has 2 fully saturated rings. The number of aliphatic hydroxyl groups excluding tert-OH is 1. The van der Waals surface area contributed by atoms with Gasteiger partial charge in [-0.25, -0.2) is 4.79 Å². The van der Waals surface area contributed by atoms with Crippen molar-refractivity contribution in [3.8, 4) is 0 Å². The fraction of sp³-hybridized carbons (Fsp3) is 0.933. The normalized spacial score (nSPS) is 31.6. The van der Waals surface area contributed by atoms with E-state index in [1.807, 2.05) is 6.92 Å². The Morgan fingerprint density at radius 3 is 2.55 bits per heavy atom. The highest BCUT2D eigenvalue weighted by Gasteiger charge is 2.36. The van der Waals surface area contributed by atoms with Crippen molar-refractivity contribution in [2.24, 2.45) is 0 Å². The minimum atomic E-state index is -0.0714. The number of aliphatic hydroxyl groups is 1. The van der Waals surface area contributed by atoms with Gasteiger partial charge in [-0.15, -0.1) is 0 Å². The van der Waals surface area contributed by atoms with E-state index in [4.69, 9.17) is 5.11 Å². The van der Waals surface area contributed by atoms with Crippen LogP contribution in [0.3, 0.4) is 0 Å². The van der Waals surface area contributed by atoms with Gasteiger partial charge in [-0.1, -0.05) is 13.3 Å². The summed E-state index contributed by atoms with van der Waals surface area (Å²) in [5.41, 5.74) is 0. The topological polar surface area (TPSA) is 64.6 Å². The van der Waals surface area contributed by atoms with Crippen molar-refractivity contribution >= 4 is 6.03 Å². The molecule has 0 spiro atoms. The standard InChI is InChI=1S/C15H29N3O2/c1-3-11(7-8-19)16-15(20)17-12-9-13-5-4-6-14(10-12)18(13)2/h11-14,19H,3-10H2,1-2H3,(H2,16,17,20)/t11-,12?,13-,14+/m0/s1. The molecule has 2 bridgehead atoms. The Kier molecular flexibility index (Phi) is 5.66. The molecule has 2 aliphatic heterocycles. The highest BCUT2D eigenvalue weighted by molar-refractivity contribution is 5.74. The Morgan fingerprint density at radius 1 is 1.35 bits per heavy atom. The molecule has 1 unspecified atom stereocenters. The lowest BCUT2D eigenvalue weighted by molar-refractivity contribution is 0.0507. The van der Waals surface area contributed by atoms with Crippen LogP contribution in [0.2, 0.25) is 0 Å². The SMILES string of the molecule is CC[C@@H](CCO)NC(=O)NC1C[C@H]2CCC[C@@H](C1)N2C. The number of fused-ring (bicyclic) bond motifs is 2. The molecule has 5 heteroatoms. The summed E-state index contributed by atoms with van der Waals surface area (Å²) in [7, 11) is 2.22. The monoisotopic (exact) mass is 283 g/mol. The van der Waals surface area contributed by atoms with Crippen LogP contribution in [-0.2, 0) is 0 Å². The number of carbonyl (C=O) groups is 1. The lowest BCUT2D eigenvalue weighted by atomic mass is 9.82. The van der Waals surface area contributed by atoms with Crippen LogP contribution in [-0.4, -0.2) is 53.9 Å². The van der Waals surface area contributed by atoms with E-state index in [9.17, 15) is 4.79 Å². The molecular weight excluding hydrogens is 254 g/mol. The molecule has 0 aliphatic carbocycles. The van der Waals surface area contributed by atoms with Gasteiger partial charge in [0.15, 0.2) is 0 Å².